The summed E-state index contributed by atoms with van der Waals surface area (Å²) >= 11 is 0. The summed E-state index contributed by atoms with van der Waals surface area (Å²) < 4.78 is 33.4. The molecule has 0 aliphatic carbocycles. The first-order valence-electron chi connectivity index (χ1n) is 21.6. The van der Waals surface area contributed by atoms with Crippen LogP contribution in [0.2, 0.25) is 54.4 Å². The molecule has 2 aromatic rings. The lowest BCUT2D eigenvalue weighted by Crippen LogP contribution is -2.47. The second-order valence-electron chi connectivity index (χ2n) is 17.2. The number of rotatable bonds is 30. The number of benzene rings is 2. The molecule has 314 valence electrons. The molecule has 0 radical (unpaired) electrons. The SMILES string of the molecule is CC[Si](CC)(CC)O[C@@H](CCOCc1ccccc1)C[C@H](O)CC(=O)C[C@H](C[C@H](CCOCc1ccccc1)O[Si](CC)(CC)CC)O[Si](C)(C)C(C)(C)C. The van der Waals surface area contributed by atoms with E-state index in [1.165, 1.54) is 0 Å². The summed E-state index contributed by atoms with van der Waals surface area (Å²) in [4.78, 5) is 14.0. The van der Waals surface area contributed by atoms with Crippen molar-refractivity contribution in [3.8, 4) is 0 Å². The van der Waals surface area contributed by atoms with Crippen LogP contribution in [0.5, 0.6) is 0 Å². The van der Waals surface area contributed by atoms with Gasteiger partial charge >= 0.3 is 0 Å². The number of aliphatic hydroxyl groups is 1. The molecule has 10 heteroatoms. The van der Waals surface area contributed by atoms with Crippen LogP contribution in [0.3, 0.4) is 0 Å². The first-order valence-corrected chi connectivity index (χ1v) is 29.5. The molecule has 0 amide bonds. The largest absolute Gasteiger partial charge is 0.414 e. The molecule has 0 spiro atoms. The Labute approximate surface area is 340 Å². The molecule has 0 aromatic heterocycles. The molecular formula is C45H80O7Si3. The third-order valence-corrected chi connectivity index (χ3v) is 26.3. The van der Waals surface area contributed by atoms with Gasteiger partial charge in [0.25, 0.3) is 0 Å². The van der Waals surface area contributed by atoms with Crippen LogP contribution in [0.1, 0.15) is 112 Å². The fourth-order valence-corrected chi connectivity index (χ4v) is 14.4. The molecule has 1 N–H and O–H groups in total. The van der Waals surface area contributed by atoms with Gasteiger partial charge in [-0.15, -0.1) is 0 Å². The smallest absolute Gasteiger partial charge is 0.192 e. The first kappa shape index (κ1) is 49.7. The average molecular weight is 817 g/mol. The lowest BCUT2D eigenvalue weighted by atomic mass is 9.99. The Morgan fingerprint density at radius 3 is 1.38 bits per heavy atom. The number of carbonyl (C=O) groups excluding carboxylic acids is 1. The summed E-state index contributed by atoms with van der Waals surface area (Å²) in [5.74, 6) is 0.0318. The third-order valence-electron chi connectivity index (χ3n) is 12.3. The van der Waals surface area contributed by atoms with Gasteiger partial charge in [-0.05, 0) is 91.2 Å². The van der Waals surface area contributed by atoms with Crippen LogP contribution < -0.4 is 0 Å². The van der Waals surface area contributed by atoms with Crippen LogP contribution in [0.25, 0.3) is 0 Å². The van der Waals surface area contributed by atoms with Gasteiger partial charge in [0.1, 0.15) is 5.78 Å². The minimum Gasteiger partial charge on any atom is -0.414 e. The van der Waals surface area contributed by atoms with E-state index in [1.807, 2.05) is 36.4 Å². The number of carbonyl (C=O) groups is 1. The van der Waals surface area contributed by atoms with Crippen molar-refractivity contribution in [2.45, 2.75) is 193 Å². The van der Waals surface area contributed by atoms with Crippen LogP contribution in [0, 0.1) is 0 Å². The fourth-order valence-electron chi connectivity index (χ4n) is 7.16. The summed E-state index contributed by atoms with van der Waals surface area (Å²) in [5, 5.41) is 11.5. The third kappa shape index (κ3) is 17.9. The number of ether oxygens (including phenoxy) is 2. The Bertz CT molecular complexity index is 1280. The standard InChI is InChI=1S/C45H80O7Si3/c1-12-54(13-2,14-3)51-42(28-30-48-36-38-24-20-18-21-25-38)33-40(46)32-41(47)34-44(50-53(10,11)45(7,8)9)35-43(52-55(15-4,16-5)17-6)29-31-49-37-39-26-22-19-23-27-39/h18-27,40,42-44,46H,12-17,28-37H2,1-11H3/t40-,42+,43+,44-/m1/s1. The molecular weight excluding hydrogens is 737 g/mol. The molecule has 0 saturated carbocycles. The Hall–Kier alpha value is -1.48. The monoisotopic (exact) mass is 817 g/mol. The molecule has 0 saturated heterocycles. The zero-order valence-electron chi connectivity index (χ0n) is 36.8. The lowest BCUT2D eigenvalue weighted by Gasteiger charge is -2.41. The molecule has 0 heterocycles. The average Bonchev–Trinajstić information content (AvgIpc) is 3.16. The van der Waals surface area contributed by atoms with Crippen LogP contribution in [-0.4, -0.2) is 73.5 Å². The summed E-state index contributed by atoms with van der Waals surface area (Å²) in [6.45, 7) is 26.9. The molecule has 2 rings (SSSR count). The second kappa shape index (κ2) is 25.1. The summed E-state index contributed by atoms with van der Waals surface area (Å²) in [6.07, 6.45) is 1.52. The lowest BCUT2D eigenvalue weighted by molar-refractivity contribution is -0.123. The zero-order valence-corrected chi connectivity index (χ0v) is 39.8. The van der Waals surface area contributed by atoms with Gasteiger partial charge in [-0.2, -0.15) is 0 Å². The Balaban J connectivity index is 2.22. The van der Waals surface area contributed by atoms with Crippen LogP contribution in [0.15, 0.2) is 60.7 Å². The van der Waals surface area contributed by atoms with Gasteiger partial charge in [-0.3, -0.25) is 4.79 Å². The van der Waals surface area contributed by atoms with Crippen molar-refractivity contribution in [2.75, 3.05) is 13.2 Å². The number of hydrogen-bond donors (Lipinski definition) is 1. The number of aliphatic hydroxyl groups excluding tert-OH is 1. The maximum Gasteiger partial charge on any atom is 0.192 e. The van der Waals surface area contributed by atoms with Crippen molar-refractivity contribution >= 4 is 30.7 Å². The highest BCUT2D eigenvalue weighted by Gasteiger charge is 2.41. The molecule has 55 heavy (non-hydrogen) atoms. The zero-order chi connectivity index (χ0) is 41.0. The molecule has 0 aliphatic heterocycles. The van der Waals surface area contributed by atoms with E-state index in [2.05, 4.69) is 99.7 Å². The van der Waals surface area contributed by atoms with Crippen molar-refractivity contribution in [1.29, 1.82) is 0 Å². The maximum atomic E-state index is 14.0. The quantitative estimate of drug-likeness (QED) is 0.0621. The van der Waals surface area contributed by atoms with Crippen molar-refractivity contribution < 1.29 is 32.7 Å². The molecule has 2 aromatic carbocycles. The minimum atomic E-state index is -2.24. The fraction of sp³-hybridized carbons (Fsp3) is 0.711. The first-order chi connectivity index (χ1) is 26.1. The van der Waals surface area contributed by atoms with Gasteiger partial charge in [0.15, 0.2) is 25.0 Å². The van der Waals surface area contributed by atoms with Gasteiger partial charge in [-0.25, -0.2) is 0 Å². The van der Waals surface area contributed by atoms with Crippen LogP contribution in [0.4, 0.5) is 0 Å². The number of hydrogen-bond acceptors (Lipinski definition) is 7. The minimum absolute atomic E-state index is 0.0148. The summed E-state index contributed by atoms with van der Waals surface area (Å²) in [7, 11) is -6.15. The highest BCUT2D eigenvalue weighted by Crippen LogP contribution is 2.39. The molecule has 4 atom stereocenters. The highest BCUT2D eigenvalue weighted by atomic mass is 28.4. The Morgan fingerprint density at radius 1 is 0.600 bits per heavy atom. The van der Waals surface area contributed by atoms with E-state index in [-0.39, 0.29) is 42.0 Å². The van der Waals surface area contributed by atoms with Gasteiger partial charge < -0.3 is 27.9 Å². The van der Waals surface area contributed by atoms with Crippen molar-refractivity contribution in [3.05, 3.63) is 71.8 Å². The van der Waals surface area contributed by atoms with Crippen molar-refractivity contribution in [3.63, 3.8) is 0 Å². The predicted molar refractivity (Wildman–Crippen MR) is 237 cm³/mol. The summed E-state index contributed by atoms with van der Waals surface area (Å²) in [5.41, 5.74) is 2.29. The van der Waals surface area contributed by atoms with E-state index >= 15 is 0 Å². The van der Waals surface area contributed by atoms with Gasteiger partial charge in [0.05, 0.1) is 25.4 Å². The van der Waals surface area contributed by atoms with E-state index in [9.17, 15) is 9.90 Å². The van der Waals surface area contributed by atoms with Crippen LogP contribution in [-0.2, 0) is 40.8 Å². The van der Waals surface area contributed by atoms with Gasteiger partial charge in [0.2, 0.25) is 0 Å². The normalized spacial score (nSPS) is 15.1. The summed E-state index contributed by atoms with van der Waals surface area (Å²) in [6, 6.07) is 26.7. The Kier molecular flexibility index (Phi) is 22.7. The van der Waals surface area contributed by atoms with E-state index in [0.29, 0.717) is 45.7 Å². The molecule has 0 unspecified atom stereocenters. The second-order valence-corrected chi connectivity index (χ2v) is 31.4. The predicted octanol–water partition coefficient (Wildman–Crippen LogP) is 11.9. The van der Waals surface area contributed by atoms with Crippen LogP contribution >= 0.6 is 0 Å². The van der Waals surface area contributed by atoms with Crippen molar-refractivity contribution in [1.82, 2.24) is 0 Å². The van der Waals surface area contributed by atoms with Gasteiger partial charge in [-0.1, -0.05) is 123 Å². The van der Waals surface area contributed by atoms with E-state index in [1.54, 1.807) is 0 Å². The maximum absolute atomic E-state index is 14.0. The van der Waals surface area contributed by atoms with Gasteiger partial charge in [0, 0.05) is 38.3 Å². The molecule has 7 nitrogen and oxygen atoms in total. The van der Waals surface area contributed by atoms with E-state index < -0.39 is 31.1 Å². The highest BCUT2D eigenvalue weighted by molar-refractivity contribution is 6.74. The number of Topliss-reactive ketones (excluding diaryl/α,β-unsaturated/α-hetero) is 1. The van der Waals surface area contributed by atoms with E-state index in [0.717, 1.165) is 53.8 Å². The van der Waals surface area contributed by atoms with E-state index in [4.69, 9.17) is 22.8 Å². The molecule has 0 fully saturated rings. The topological polar surface area (TPSA) is 83.5 Å². The van der Waals surface area contributed by atoms with Crippen molar-refractivity contribution in [2.24, 2.45) is 0 Å². The molecule has 0 aliphatic rings. The number of ketones is 1. The Morgan fingerprint density at radius 2 is 1.00 bits per heavy atom. The molecule has 0 bridgehead atoms.